The first-order valence-corrected chi connectivity index (χ1v) is 6.85. The highest BCUT2D eigenvalue weighted by atomic mass is 16.2. The Morgan fingerprint density at radius 3 is 2.68 bits per heavy atom. The monoisotopic (exact) mass is 258 g/mol. The van der Waals surface area contributed by atoms with Gasteiger partial charge in [-0.15, -0.1) is 0 Å². The summed E-state index contributed by atoms with van der Waals surface area (Å²) in [7, 11) is 0. The van der Waals surface area contributed by atoms with Crippen molar-refractivity contribution in [2.24, 2.45) is 0 Å². The molecule has 1 aliphatic carbocycles. The Bertz CT molecular complexity index is 545. The lowest BCUT2D eigenvalue weighted by molar-refractivity contribution is -0.122. The van der Waals surface area contributed by atoms with Crippen LogP contribution in [0.5, 0.6) is 0 Å². The molecule has 0 bridgehead atoms. The average Bonchev–Trinajstić information content (AvgIpc) is 2.64. The molecule has 1 spiro atoms. The zero-order chi connectivity index (χ0) is 13.5. The van der Waals surface area contributed by atoms with E-state index in [1.807, 2.05) is 18.2 Å². The molecule has 19 heavy (non-hydrogen) atoms. The number of hydrogen-bond acceptors (Lipinski definition) is 2. The fourth-order valence-corrected chi connectivity index (χ4v) is 3.35. The van der Waals surface area contributed by atoms with Crippen LogP contribution in [0.3, 0.4) is 0 Å². The van der Waals surface area contributed by atoms with Gasteiger partial charge in [0, 0.05) is 18.3 Å². The Kier molecular flexibility index (Phi) is 2.81. The Labute approximate surface area is 112 Å². The Morgan fingerprint density at radius 1 is 1.26 bits per heavy atom. The van der Waals surface area contributed by atoms with Crippen LogP contribution in [0.1, 0.15) is 44.6 Å². The maximum atomic E-state index is 12.3. The summed E-state index contributed by atoms with van der Waals surface area (Å²) in [6.07, 6.45) is 5.22. The van der Waals surface area contributed by atoms with Crippen LogP contribution in [-0.2, 0) is 15.0 Å². The maximum Gasteiger partial charge on any atom is 0.235 e. The van der Waals surface area contributed by atoms with Crippen LogP contribution >= 0.6 is 0 Å². The molecule has 2 aliphatic rings. The number of rotatable bonds is 1. The Balaban J connectivity index is 2.02. The standard InChI is InChI=1S/C15H18N2O2/c1-10(18)16-11-5-6-13-12(9-11)15(14(19)17-13)7-3-2-4-8-15/h5-6,9H,2-4,7-8H2,1H3,(H,16,18)(H,17,19). The molecule has 0 atom stereocenters. The molecule has 0 unspecified atom stereocenters. The Morgan fingerprint density at radius 2 is 2.00 bits per heavy atom. The summed E-state index contributed by atoms with van der Waals surface area (Å²) < 4.78 is 0. The van der Waals surface area contributed by atoms with Gasteiger partial charge in [-0.3, -0.25) is 9.59 Å². The van der Waals surface area contributed by atoms with E-state index in [1.165, 1.54) is 13.3 Å². The third kappa shape index (κ3) is 1.91. The van der Waals surface area contributed by atoms with E-state index in [0.29, 0.717) is 0 Å². The molecular weight excluding hydrogens is 240 g/mol. The maximum absolute atomic E-state index is 12.3. The molecule has 1 aliphatic heterocycles. The SMILES string of the molecule is CC(=O)Nc1ccc2c(c1)C1(CCCCC1)C(=O)N2. The van der Waals surface area contributed by atoms with Gasteiger partial charge in [-0.2, -0.15) is 0 Å². The van der Waals surface area contributed by atoms with Crippen molar-refractivity contribution in [1.29, 1.82) is 0 Å². The Hall–Kier alpha value is -1.84. The second-order valence-electron chi connectivity index (χ2n) is 5.54. The highest BCUT2D eigenvalue weighted by Crippen LogP contribution is 2.48. The predicted molar refractivity (Wildman–Crippen MR) is 74.1 cm³/mol. The van der Waals surface area contributed by atoms with Gasteiger partial charge in [0.1, 0.15) is 0 Å². The second kappa shape index (κ2) is 4.37. The number of amides is 2. The van der Waals surface area contributed by atoms with Crippen molar-refractivity contribution in [3.05, 3.63) is 23.8 Å². The normalized spacial score (nSPS) is 19.9. The van der Waals surface area contributed by atoms with Gasteiger partial charge < -0.3 is 10.6 Å². The van der Waals surface area contributed by atoms with Gasteiger partial charge in [0.05, 0.1) is 5.41 Å². The summed E-state index contributed by atoms with van der Waals surface area (Å²) in [5, 5.41) is 5.78. The van der Waals surface area contributed by atoms with Gasteiger partial charge >= 0.3 is 0 Å². The van der Waals surface area contributed by atoms with E-state index in [1.54, 1.807) is 0 Å². The first kappa shape index (κ1) is 12.2. The molecule has 100 valence electrons. The van der Waals surface area contributed by atoms with Gasteiger partial charge in [0.2, 0.25) is 11.8 Å². The zero-order valence-corrected chi connectivity index (χ0v) is 11.1. The van der Waals surface area contributed by atoms with E-state index in [-0.39, 0.29) is 17.2 Å². The third-order valence-corrected chi connectivity index (χ3v) is 4.25. The minimum atomic E-state index is -0.359. The average molecular weight is 258 g/mol. The number of carbonyl (C=O) groups is 2. The van der Waals surface area contributed by atoms with Crippen molar-refractivity contribution < 1.29 is 9.59 Å². The molecule has 0 aromatic heterocycles. The molecule has 2 amide bonds. The second-order valence-corrected chi connectivity index (χ2v) is 5.54. The highest BCUT2D eigenvalue weighted by molar-refractivity contribution is 6.07. The van der Waals surface area contributed by atoms with Crippen LogP contribution < -0.4 is 10.6 Å². The smallest absolute Gasteiger partial charge is 0.235 e. The summed E-state index contributed by atoms with van der Waals surface area (Å²) in [4.78, 5) is 23.5. The topological polar surface area (TPSA) is 58.2 Å². The molecule has 0 radical (unpaired) electrons. The summed E-state index contributed by atoms with van der Waals surface area (Å²) in [5.41, 5.74) is 2.37. The largest absolute Gasteiger partial charge is 0.326 e. The van der Waals surface area contributed by atoms with Gasteiger partial charge in [-0.05, 0) is 36.6 Å². The molecule has 1 fully saturated rings. The van der Waals surface area contributed by atoms with Crippen LogP contribution in [0.15, 0.2) is 18.2 Å². The molecule has 3 rings (SSSR count). The molecule has 1 heterocycles. The zero-order valence-electron chi connectivity index (χ0n) is 11.1. The van der Waals surface area contributed by atoms with Crippen molar-refractivity contribution >= 4 is 23.2 Å². The molecule has 4 nitrogen and oxygen atoms in total. The molecule has 2 N–H and O–H groups in total. The summed E-state index contributed by atoms with van der Waals surface area (Å²) in [5.74, 6) is 0.0390. The summed E-state index contributed by atoms with van der Waals surface area (Å²) in [6.45, 7) is 1.49. The molecular formula is C15H18N2O2. The third-order valence-electron chi connectivity index (χ3n) is 4.25. The molecule has 4 heteroatoms. The highest BCUT2D eigenvalue weighted by Gasteiger charge is 2.47. The van der Waals surface area contributed by atoms with Crippen LogP contribution in [0.25, 0.3) is 0 Å². The van der Waals surface area contributed by atoms with E-state index < -0.39 is 0 Å². The molecule has 1 aromatic carbocycles. The fraction of sp³-hybridized carbons (Fsp3) is 0.467. The number of carbonyl (C=O) groups excluding carboxylic acids is 2. The van der Waals surface area contributed by atoms with Crippen molar-refractivity contribution in [2.45, 2.75) is 44.4 Å². The van der Waals surface area contributed by atoms with Crippen molar-refractivity contribution in [2.75, 3.05) is 10.6 Å². The number of nitrogens with one attached hydrogen (secondary N) is 2. The number of anilines is 2. The van der Waals surface area contributed by atoms with Crippen LogP contribution in [0.2, 0.25) is 0 Å². The molecule has 1 aromatic rings. The molecule has 1 saturated carbocycles. The minimum Gasteiger partial charge on any atom is -0.326 e. The van der Waals surface area contributed by atoms with Gasteiger partial charge in [0.15, 0.2) is 0 Å². The van der Waals surface area contributed by atoms with E-state index >= 15 is 0 Å². The van der Waals surface area contributed by atoms with Crippen LogP contribution in [0, 0.1) is 0 Å². The van der Waals surface area contributed by atoms with Crippen molar-refractivity contribution in [3.63, 3.8) is 0 Å². The van der Waals surface area contributed by atoms with E-state index in [0.717, 1.165) is 42.6 Å². The van der Waals surface area contributed by atoms with E-state index in [9.17, 15) is 9.59 Å². The van der Waals surface area contributed by atoms with Gasteiger partial charge in [0.25, 0.3) is 0 Å². The lowest BCUT2D eigenvalue weighted by Gasteiger charge is -2.31. The number of fused-ring (bicyclic) bond motifs is 2. The lowest BCUT2D eigenvalue weighted by atomic mass is 9.70. The first-order valence-electron chi connectivity index (χ1n) is 6.85. The predicted octanol–water partition coefficient (Wildman–Crippen LogP) is 2.80. The van der Waals surface area contributed by atoms with Crippen molar-refractivity contribution in [3.8, 4) is 0 Å². The van der Waals surface area contributed by atoms with E-state index in [2.05, 4.69) is 10.6 Å². The van der Waals surface area contributed by atoms with Gasteiger partial charge in [-0.25, -0.2) is 0 Å². The quantitative estimate of drug-likeness (QED) is 0.813. The van der Waals surface area contributed by atoms with Crippen LogP contribution in [-0.4, -0.2) is 11.8 Å². The fourth-order valence-electron chi connectivity index (χ4n) is 3.35. The van der Waals surface area contributed by atoms with E-state index in [4.69, 9.17) is 0 Å². The van der Waals surface area contributed by atoms with Crippen LogP contribution in [0.4, 0.5) is 11.4 Å². The van der Waals surface area contributed by atoms with Crippen molar-refractivity contribution in [1.82, 2.24) is 0 Å². The lowest BCUT2D eigenvalue weighted by Crippen LogP contribution is -2.36. The first-order chi connectivity index (χ1) is 9.12. The number of hydrogen-bond donors (Lipinski definition) is 2. The van der Waals surface area contributed by atoms with Gasteiger partial charge in [-0.1, -0.05) is 19.3 Å². The summed E-state index contributed by atoms with van der Waals surface area (Å²) in [6, 6.07) is 5.68. The minimum absolute atomic E-state index is 0.0880. The summed E-state index contributed by atoms with van der Waals surface area (Å²) >= 11 is 0. The number of benzene rings is 1. The molecule has 0 saturated heterocycles.